The molecule has 1 rings (SSSR count). The number of nitrogens with two attached hydrogens (primary N) is 1. The van der Waals surface area contributed by atoms with Crippen molar-refractivity contribution in [1.82, 2.24) is 4.98 Å². The summed E-state index contributed by atoms with van der Waals surface area (Å²) in [6.45, 7) is 1.86. The summed E-state index contributed by atoms with van der Waals surface area (Å²) >= 11 is 1.79. The van der Waals surface area contributed by atoms with Crippen molar-refractivity contribution in [2.75, 3.05) is 0 Å². The Morgan fingerprint density at radius 3 is 2.62 bits per heavy atom. The van der Waals surface area contributed by atoms with Crippen LogP contribution in [0.1, 0.15) is 23.1 Å². The number of hydrogen-bond donors (Lipinski definition) is 1. The van der Waals surface area contributed by atoms with E-state index in [4.69, 9.17) is 5.73 Å². The van der Waals surface area contributed by atoms with Crippen LogP contribution in [0.5, 0.6) is 0 Å². The highest BCUT2D eigenvalue weighted by molar-refractivity contribution is 14.1. The van der Waals surface area contributed by atoms with Gasteiger partial charge in [0.2, 0.25) is 0 Å². The zero-order chi connectivity index (χ0) is 10.0. The van der Waals surface area contributed by atoms with Gasteiger partial charge in [0.25, 0.3) is 6.43 Å². The van der Waals surface area contributed by atoms with Crippen molar-refractivity contribution in [1.29, 1.82) is 0 Å². The van der Waals surface area contributed by atoms with Crippen LogP contribution in [0.25, 0.3) is 0 Å². The molecule has 0 bridgehead atoms. The van der Waals surface area contributed by atoms with Gasteiger partial charge in [-0.25, -0.2) is 13.8 Å². The third-order valence-corrected chi connectivity index (χ3v) is 2.68. The number of halogens is 3. The van der Waals surface area contributed by atoms with Gasteiger partial charge in [0, 0.05) is 12.7 Å². The maximum Gasteiger partial charge on any atom is 0.266 e. The second-order valence-electron chi connectivity index (χ2n) is 2.63. The highest BCUT2D eigenvalue weighted by Crippen LogP contribution is 2.28. The Kier molecular flexibility index (Phi) is 3.55. The molecule has 0 radical (unpaired) electrons. The van der Waals surface area contributed by atoms with Crippen molar-refractivity contribution in [3.63, 3.8) is 0 Å². The summed E-state index contributed by atoms with van der Waals surface area (Å²) in [6.07, 6.45) is -0.937. The smallest absolute Gasteiger partial charge is 0.266 e. The molecule has 0 saturated carbocycles. The molecule has 0 aliphatic heterocycles. The molecule has 72 valence electrons. The van der Waals surface area contributed by atoms with Gasteiger partial charge in [-0.15, -0.1) is 0 Å². The molecule has 0 unspecified atom stereocenters. The van der Waals surface area contributed by atoms with Crippen molar-refractivity contribution in [2.24, 2.45) is 5.73 Å². The lowest BCUT2D eigenvalue weighted by atomic mass is 10.1. The molecule has 0 fully saturated rings. The first-order valence-corrected chi connectivity index (χ1v) is 4.78. The molecule has 2 N–H and O–H groups in total. The molecule has 0 spiro atoms. The maximum atomic E-state index is 12.6. The molecule has 0 amide bonds. The van der Waals surface area contributed by atoms with E-state index in [2.05, 4.69) is 4.98 Å². The van der Waals surface area contributed by atoms with Crippen molar-refractivity contribution >= 4 is 22.6 Å². The molecule has 0 aromatic carbocycles. The zero-order valence-electron chi connectivity index (χ0n) is 7.02. The molecular formula is C8H9F2IN2. The monoisotopic (exact) mass is 298 g/mol. The first-order valence-electron chi connectivity index (χ1n) is 3.70. The standard InChI is InChI=1S/C8H9F2IN2/c1-4-3-13-8(11)6(7(9)10)5(4)2-12/h3,7H,2,12H2,1H3. The number of hydrogen-bond acceptors (Lipinski definition) is 2. The summed E-state index contributed by atoms with van der Waals surface area (Å²) in [7, 11) is 0. The lowest BCUT2D eigenvalue weighted by molar-refractivity contribution is 0.148. The molecule has 0 atom stereocenters. The van der Waals surface area contributed by atoms with Crippen LogP contribution in [-0.2, 0) is 6.54 Å². The Bertz CT molecular complexity index is 315. The molecule has 1 aromatic rings. The van der Waals surface area contributed by atoms with E-state index in [1.807, 2.05) is 0 Å². The number of alkyl halides is 2. The average molecular weight is 298 g/mol. The van der Waals surface area contributed by atoms with Gasteiger partial charge in [-0.3, -0.25) is 0 Å². The molecule has 0 aliphatic carbocycles. The second-order valence-corrected chi connectivity index (χ2v) is 3.65. The van der Waals surface area contributed by atoms with E-state index < -0.39 is 6.43 Å². The molecule has 1 aromatic heterocycles. The SMILES string of the molecule is Cc1cnc(I)c(C(F)F)c1CN. The van der Waals surface area contributed by atoms with Crippen LogP contribution in [-0.4, -0.2) is 4.98 Å². The molecule has 0 saturated heterocycles. The predicted molar refractivity (Wildman–Crippen MR) is 54.5 cm³/mol. The van der Waals surface area contributed by atoms with E-state index in [1.165, 1.54) is 0 Å². The zero-order valence-corrected chi connectivity index (χ0v) is 9.18. The van der Waals surface area contributed by atoms with E-state index in [1.54, 1.807) is 35.7 Å². The summed E-state index contributed by atoms with van der Waals surface area (Å²) in [5.41, 5.74) is 6.60. The summed E-state index contributed by atoms with van der Waals surface area (Å²) in [5.74, 6) is 0. The normalized spacial score (nSPS) is 10.9. The van der Waals surface area contributed by atoms with Crippen molar-refractivity contribution in [2.45, 2.75) is 19.9 Å². The van der Waals surface area contributed by atoms with Gasteiger partial charge in [0.15, 0.2) is 0 Å². The lowest BCUT2D eigenvalue weighted by Crippen LogP contribution is -2.08. The fourth-order valence-corrected chi connectivity index (χ4v) is 1.83. The van der Waals surface area contributed by atoms with Gasteiger partial charge in [0.05, 0.1) is 5.56 Å². The molecule has 1 heterocycles. The van der Waals surface area contributed by atoms with Crippen LogP contribution in [0.3, 0.4) is 0 Å². The van der Waals surface area contributed by atoms with Gasteiger partial charge in [0.1, 0.15) is 3.70 Å². The van der Waals surface area contributed by atoms with E-state index in [0.717, 1.165) is 5.56 Å². The summed E-state index contributed by atoms with van der Waals surface area (Å²) < 4.78 is 25.4. The minimum absolute atomic E-state index is 0.0249. The summed E-state index contributed by atoms with van der Waals surface area (Å²) in [6, 6.07) is 0. The third-order valence-electron chi connectivity index (χ3n) is 1.82. The van der Waals surface area contributed by atoms with Crippen LogP contribution >= 0.6 is 22.6 Å². The molecule has 5 heteroatoms. The first-order chi connectivity index (χ1) is 6.07. The minimum Gasteiger partial charge on any atom is -0.326 e. The van der Waals surface area contributed by atoms with Gasteiger partial charge in [-0.05, 0) is 40.6 Å². The minimum atomic E-state index is -2.50. The van der Waals surface area contributed by atoms with Crippen molar-refractivity contribution in [3.05, 3.63) is 26.6 Å². The fourth-order valence-electron chi connectivity index (χ4n) is 1.13. The predicted octanol–water partition coefficient (Wildman–Crippen LogP) is 2.39. The van der Waals surface area contributed by atoms with Gasteiger partial charge in [-0.1, -0.05) is 0 Å². The van der Waals surface area contributed by atoms with E-state index >= 15 is 0 Å². The molecule has 13 heavy (non-hydrogen) atoms. The van der Waals surface area contributed by atoms with E-state index in [-0.39, 0.29) is 12.1 Å². The Morgan fingerprint density at radius 2 is 2.23 bits per heavy atom. The van der Waals surface area contributed by atoms with Gasteiger partial charge in [-0.2, -0.15) is 0 Å². The molecule has 0 aliphatic rings. The van der Waals surface area contributed by atoms with Crippen LogP contribution in [0.15, 0.2) is 6.20 Å². The summed E-state index contributed by atoms with van der Waals surface area (Å²) in [4.78, 5) is 3.86. The third kappa shape index (κ3) is 2.14. The number of aromatic nitrogens is 1. The van der Waals surface area contributed by atoms with Gasteiger partial charge >= 0.3 is 0 Å². The lowest BCUT2D eigenvalue weighted by Gasteiger charge is -2.10. The average Bonchev–Trinajstić information content (AvgIpc) is 2.07. The highest BCUT2D eigenvalue weighted by atomic mass is 127. The first kappa shape index (κ1) is 10.8. The van der Waals surface area contributed by atoms with Crippen molar-refractivity contribution in [3.8, 4) is 0 Å². The van der Waals surface area contributed by atoms with Crippen molar-refractivity contribution < 1.29 is 8.78 Å². The van der Waals surface area contributed by atoms with E-state index in [0.29, 0.717) is 9.26 Å². The summed E-state index contributed by atoms with van der Waals surface area (Å²) in [5, 5.41) is 0. The highest BCUT2D eigenvalue weighted by Gasteiger charge is 2.18. The van der Waals surface area contributed by atoms with Gasteiger partial charge < -0.3 is 5.73 Å². The fraction of sp³-hybridized carbons (Fsp3) is 0.375. The number of rotatable bonds is 2. The number of aryl methyl sites for hydroxylation is 1. The largest absolute Gasteiger partial charge is 0.326 e. The Morgan fingerprint density at radius 1 is 1.62 bits per heavy atom. The van der Waals surface area contributed by atoms with E-state index in [9.17, 15) is 8.78 Å². The second kappa shape index (κ2) is 4.28. The quantitative estimate of drug-likeness (QED) is 0.672. The Balaban J connectivity index is 3.35. The van der Waals surface area contributed by atoms with Crippen LogP contribution in [0, 0.1) is 10.6 Å². The molecular weight excluding hydrogens is 289 g/mol. The van der Waals surface area contributed by atoms with Crippen LogP contribution in [0.2, 0.25) is 0 Å². The van der Waals surface area contributed by atoms with Crippen LogP contribution in [0.4, 0.5) is 8.78 Å². The Hall–Kier alpha value is -0.300. The topological polar surface area (TPSA) is 38.9 Å². The maximum absolute atomic E-state index is 12.6. The number of nitrogens with zero attached hydrogens (tertiary/aromatic N) is 1. The molecule has 2 nitrogen and oxygen atoms in total. The number of pyridine rings is 1. The Labute approximate surface area is 88.7 Å². The van der Waals surface area contributed by atoms with Crippen LogP contribution < -0.4 is 5.73 Å².